The number of rotatable bonds is 6. The summed E-state index contributed by atoms with van der Waals surface area (Å²) in [5.41, 5.74) is 3.04. The summed E-state index contributed by atoms with van der Waals surface area (Å²) in [4.78, 5) is 28.4. The molecule has 0 atom stereocenters. The number of nitrogens with zero attached hydrogens (tertiary/aromatic N) is 2. The molecule has 29 heavy (non-hydrogen) atoms. The first-order chi connectivity index (χ1) is 13.9. The van der Waals surface area contributed by atoms with Crippen LogP contribution in [0, 0.1) is 19.7 Å². The smallest absolute Gasteiger partial charge is 0.260 e. The third kappa shape index (κ3) is 5.77. The predicted octanol–water partition coefficient (Wildman–Crippen LogP) is 2.60. The number of ether oxygens (including phenoxy) is 1. The zero-order valence-electron chi connectivity index (χ0n) is 16.8. The lowest BCUT2D eigenvalue weighted by molar-refractivity contribution is -0.135. The Bertz CT molecular complexity index is 862. The maximum Gasteiger partial charge on any atom is 0.260 e. The number of amides is 2. The minimum Gasteiger partial charge on any atom is -0.484 e. The van der Waals surface area contributed by atoms with Gasteiger partial charge in [0.2, 0.25) is 5.91 Å². The second-order valence-corrected chi connectivity index (χ2v) is 7.20. The van der Waals surface area contributed by atoms with Crippen molar-refractivity contribution in [3.8, 4) is 5.75 Å². The van der Waals surface area contributed by atoms with Crippen LogP contribution in [0.4, 0.5) is 10.1 Å². The van der Waals surface area contributed by atoms with Crippen molar-refractivity contribution in [2.45, 2.75) is 13.8 Å². The van der Waals surface area contributed by atoms with Crippen molar-refractivity contribution in [3.63, 3.8) is 0 Å². The Morgan fingerprint density at radius 2 is 1.72 bits per heavy atom. The molecule has 0 aromatic heterocycles. The van der Waals surface area contributed by atoms with E-state index in [1.165, 1.54) is 24.3 Å². The first-order valence-corrected chi connectivity index (χ1v) is 9.67. The lowest BCUT2D eigenvalue weighted by Gasteiger charge is -2.34. The summed E-state index contributed by atoms with van der Waals surface area (Å²) in [5, 5.41) is 2.97. The van der Waals surface area contributed by atoms with E-state index in [1.807, 2.05) is 36.9 Å². The number of carbonyl (C=O) groups is 2. The number of carbonyl (C=O) groups excluding carboxylic acids is 2. The summed E-state index contributed by atoms with van der Waals surface area (Å²) < 4.78 is 18.3. The van der Waals surface area contributed by atoms with Crippen LogP contribution in [0.5, 0.6) is 5.75 Å². The number of hydrogen-bond donors (Lipinski definition) is 1. The van der Waals surface area contributed by atoms with Gasteiger partial charge in [0.1, 0.15) is 11.6 Å². The van der Waals surface area contributed by atoms with E-state index < -0.39 is 0 Å². The Labute approximate surface area is 170 Å². The highest BCUT2D eigenvalue weighted by atomic mass is 19.1. The fourth-order valence-corrected chi connectivity index (χ4v) is 3.20. The van der Waals surface area contributed by atoms with Gasteiger partial charge in [-0.05, 0) is 55.3 Å². The van der Waals surface area contributed by atoms with Crippen LogP contribution >= 0.6 is 0 Å². The summed E-state index contributed by atoms with van der Waals surface area (Å²) in [5.74, 6) is -0.0603. The molecule has 0 spiro atoms. The number of anilines is 1. The number of hydrogen-bond acceptors (Lipinski definition) is 4. The quantitative estimate of drug-likeness (QED) is 0.811. The van der Waals surface area contributed by atoms with E-state index in [1.54, 1.807) is 4.90 Å². The molecule has 3 rings (SSSR count). The van der Waals surface area contributed by atoms with Gasteiger partial charge in [0.05, 0.1) is 6.54 Å². The summed E-state index contributed by atoms with van der Waals surface area (Å²) in [7, 11) is 0. The average molecular weight is 399 g/mol. The van der Waals surface area contributed by atoms with Crippen LogP contribution in [0.2, 0.25) is 0 Å². The van der Waals surface area contributed by atoms with Gasteiger partial charge in [-0.1, -0.05) is 12.1 Å². The Balaban J connectivity index is 1.41. The number of aryl methyl sites for hydroxylation is 1. The lowest BCUT2D eigenvalue weighted by atomic mass is 10.1. The SMILES string of the molecule is Cc1cccc(NC(=O)CN2CCN(C(=O)COc3ccc(F)cc3)CC2)c1C. The molecular weight excluding hydrogens is 373 g/mol. The van der Waals surface area contributed by atoms with Crippen LogP contribution in [0.25, 0.3) is 0 Å². The zero-order chi connectivity index (χ0) is 20.8. The van der Waals surface area contributed by atoms with Gasteiger partial charge in [-0.3, -0.25) is 14.5 Å². The largest absolute Gasteiger partial charge is 0.484 e. The molecular formula is C22H26FN3O3. The summed E-state index contributed by atoms with van der Waals surface area (Å²) in [6, 6.07) is 11.4. The van der Waals surface area contributed by atoms with Crippen molar-refractivity contribution in [2.24, 2.45) is 0 Å². The lowest BCUT2D eigenvalue weighted by Crippen LogP contribution is -2.51. The molecule has 6 nitrogen and oxygen atoms in total. The third-order valence-corrected chi connectivity index (χ3v) is 5.15. The van der Waals surface area contributed by atoms with Crippen molar-refractivity contribution >= 4 is 17.5 Å². The molecule has 2 amide bonds. The highest BCUT2D eigenvalue weighted by Crippen LogP contribution is 2.18. The molecule has 2 aromatic carbocycles. The normalized spacial score (nSPS) is 14.5. The second-order valence-electron chi connectivity index (χ2n) is 7.20. The molecule has 1 aliphatic rings. The van der Waals surface area contributed by atoms with Gasteiger partial charge in [-0.2, -0.15) is 0 Å². The maximum atomic E-state index is 12.9. The van der Waals surface area contributed by atoms with E-state index in [2.05, 4.69) is 5.32 Å². The molecule has 1 heterocycles. The minimum atomic E-state index is -0.346. The molecule has 0 aliphatic carbocycles. The third-order valence-electron chi connectivity index (χ3n) is 5.15. The number of benzene rings is 2. The number of halogens is 1. The summed E-state index contributed by atoms with van der Waals surface area (Å²) in [6.07, 6.45) is 0. The topological polar surface area (TPSA) is 61.9 Å². The van der Waals surface area contributed by atoms with Crippen molar-refractivity contribution in [1.82, 2.24) is 9.80 Å². The Hall–Kier alpha value is -2.93. The van der Waals surface area contributed by atoms with E-state index in [4.69, 9.17) is 4.74 Å². The van der Waals surface area contributed by atoms with Crippen LogP contribution < -0.4 is 10.1 Å². The van der Waals surface area contributed by atoms with E-state index >= 15 is 0 Å². The van der Waals surface area contributed by atoms with Gasteiger partial charge in [0.15, 0.2) is 6.61 Å². The molecule has 2 aromatic rings. The van der Waals surface area contributed by atoms with Crippen molar-refractivity contribution < 1.29 is 18.7 Å². The van der Waals surface area contributed by atoms with E-state index in [0.29, 0.717) is 38.5 Å². The molecule has 1 N–H and O–H groups in total. The minimum absolute atomic E-state index is 0.0573. The molecule has 0 bridgehead atoms. The Kier molecular flexibility index (Phi) is 6.82. The molecule has 1 aliphatic heterocycles. The van der Waals surface area contributed by atoms with Gasteiger partial charge in [0.25, 0.3) is 5.91 Å². The van der Waals surface area contributed by atoms with Crippen LogP contribution in [-0.4, -0.2) is 60.9 Å². The highest BCUT2D eigenvalue weighted by Gasteiger charge is 2.23. The molecule has 1 saturated heterocycles. The molecule has 0 saturated carbocycles. The van der Waals surface area contributed by atoms with Crippen molar-refractivity contribution in [1.29, 1.82) is 0 Å². The Morgan fingerprint density at radius 3 is 2.41 bits per heavy atom. The highest BCUT2D eigenvalue weighted by molar-refractivity contribution is 5.93. The second kappa shape index (κ2) is 9.52. The molecule has 0 unspecified atom stereocenters. The van der Waals surface area contributed by atoms with E-state index in [0.717, 1.165) is 16.8 Å². The number of piperazine rings is 1. The fraction of sp³-hybridized carbons (Fsp3) is 0.364. The van der Waals surface area contributed by atoms with Gasteiger partial charge in [0, 0.05) is 31.9 Å². The first kappa shape index (κ1) is 20.8. The van der Waals surface area contributed by atoms with Crippen molar-refractivity contribution in [2.75, 3.05) is 44.6 Å². The molecule has 7 heteroatoms. The monoisotopic (exact) mass is 399 g/mol. The van der Waals surface area contributed by atoms with Gasteiger partial charge < -0.3 is 15.0 Å². The Morgan fingerprint density at radius 1 is 1.03 bits per heavy atom. The summed E-state index contributed by atoms with van der Waals surface area (Å²) in [6.45, 7) is 6.56. The molecule has 154 valence electrons. The summed E-state index contributed by atoms with van der Waals surface area (Å²) >= 11 is 0. The van der Waals surface area contributed by atoms with E-state index in [9.17, 15) is 14.0 Å². The van der Waals surface area contributed by atoms with E-state index in [-0.39, 0.29) is 24.2 Å². The van der Waals surface area contributed by atoms with Crippen molar-refractivity contribution in [3.05, 3.63) is 59.4 Å². The van der Waals surface area contributed by atoms with Crippen LogP contribution in [0.3, 0.4) is 0 Å². The van der Waals surface area contributed by atoms with Crippen LogP contribution in [0.15, 0.2) is 42.5 Å². The zero-order valence-corrected chi connectivity index (χ0v) is 16.8. The standard InChI is InChI=1S/C22H26FN3O3/c1-16-4-3-5-20(17(16)2)24-21(27)14-25-10-12-26(13-11-25)22(28)15-29-19-8-6-18(23)7-9-19/h3-9H,10-15H2,1-2H3,(H,24,27). The van der Waals surface area contributed by atoms with Gasteiger partial charge in [-0.25, -0.2) is 4.39 Å². The molecule has 0 radical (unpaired) electrons. The van der Waals surface area contributed by atoms with Gasteiger partial charge >= 0.3 is 0 Å². The predicted molar refractivity (Wildman–Crippen MR) is 109 cm³/mol. The molecule has 1 fully saturated rings. The van der Waals surface area contributed by atoms with Crippen LogP contribution in [0.1, 0.15) is 11.1 Å². The maximum absolute atomic E-state index is 12.9. The van der Waals surface area contributed by atoms with Gasteiger partial charge in [-0.15, -0.1) is 0 Å². The number of nitrogens with one attached hydrogen (secondary N) is 1. The first-order valence-electron chi connectivity index (χ1n) is 9.67. The average Bonchev–Trinajstić information content (AvgIpc) is 2.71. The van der Waals surface area contributed by atoms with Crippen LogP contribution in [-0.2, 0) is 9.59 Å². The fourth-order valence-electron chi connectivity index (χ4n) is 3.20.